The summed E-state index contributed by atoms with van der Waals surface area (Å²) in [5, 5.41) is 5.31. The van der Waals surface area contributed by atoms with E-state index in [1.54, 1.807) is 30.3 Å². The molecule has 27 heavy (non-hydrogen) atoms. The highest BCUT2D eigenvalue weighted by Gasteiger charge is 2.15. The predicted molar refractivity (Wildman–Crippen MR) is 102 cm³/mol. The number of carbonyl (C=O) groups excluding carboxylic acids is 3. The largest absolute Gasteiger partial charge is 0.454 e. The number of benzene rings is 2. The standard InChI is InChI=1S/C21H24N2O4/c1-3-18(16-11-9-15(2)10-12-16)23-19(24)14-27-20(25)13-22-21(26)17-7-5-4-6-8-17/h4-12,18H,3,13-14H2,1-2H3,(H,22,26)(H,23,24)/t18-/m0/s1. The van der Waals surface area contributed by atoms with Crippen molar-refractivity contribution in [3.8, 4) is 0 Å². The van der Waals surface area contributed by atoms with Crippen LogP contribution < -0.4 is 10.6 Å². The Morgan fingerprint density at radius 2 is 1.67 bits per heavy atom. The lowest BCUT2D eigenvalue weighted by Gasteiger charge is -2.17. The molecule has 2 rings (SSSR count). The Hall–Kier alpha value is -3.15. The molecule has 0 fully saturated rings. The van der Waals surface area contributed by atoms with Crippen LogP contribution in [0.3, 0.4) is 0 Å². The number of hydrogen-bond acceptors (Lipinski definition) is 4. The highest BCUT2D eigenvalue weighted by Crippen LogP contribution is 2.16. The SMILES string of the molecule is CC[C@H](NC(=O)COC(=O)CNC(=O)c1ccccc1)c1ccc(C)cc1. The second-order valence-electron chi connectivity index (χ2n) is 6.15. The lowest BCUT2D eigenvalue weighted by Crippen LogP contribution is -2.35. The zero-order valence-corrected chi connectivity index (χ0v) is 15.5. The first kappa shape index (κ1) is 20.2. The van der Waals surface area contributed by atoms with Crippen LogP contribution >= 0.6 is 0 Å². The second-order valence-corrected chi connectivity index (χ2v) is 6.15. The summed E-state index contributed by atoms with van der Waals surface area (Å²) in [6.07, 6.45) is 0.718. The molecule has 2 amide bonds. The highest BCUT2D eigenvalue weighted by atomic mass is 16.5. The van der Waals surface area contributed by atoms with Crippen molar-refractivity contribution in [2.45, 2.75) is 26.3 Å². The van der Waals surface area contributed by atoms with Gasteiger partial charge in [-0.15, -0.1) is 0 Å². The second kappa shape index (κ2) is 10.1. The zero-order chi connectivity index (χ0) is 19.6. The highest BCUT2D eigenvalue weighted by molar-refractivity contribution is 5.96. The lowest BCUT2D eigenvalue weighted by molar-refractivity contribution is -0.147. The Kier molecular flexibility index (Phi) is 7.55. The van der Waals surface area contributed by atoms with E-state index < -0.39 is 5.97 Å². The maximum Gasteiger partial charge on any atom is 0.325 e. The molecule has 0 spiro atoms. The van der Waals surface area contributed by atoms with Crippen molar-refractivity contribution in [3.63, 3.8) is 0 Å². The van der Waals surface area contributed by atoms with Gasteiger partial charge in [0.05, 0.1) is 6.04 Å². The molecule has 6 nitrogen and oxygen atoms in total. The third-order valence-corrected chi connectivity index (χ3v) is 4.02. The summed E-state index contributed by atoms with van der Waals surface area (Å²) >= 11 is 0. The Morgan fingerprint density at radius 3 is 2.30 bits per heavy atom. The quantitative estimate of drug-likeness (QED) is 0.701. The van der Waals surface area contributed by atoms with Crippen LogP contribution in [-0.2, 0) is 14.3 Å². The molecule has 0 aromatic heterocycles. The third kappa shape index (κ3) is 6.58. The number of ether oxygens (including phenoxy) is 1. The van der Waals surface area contributed by atoms with E-state index in [0.29, 0.717) is 5.56 Å². The van der Waals surface area contributed by atoms with Gasteiger partial charge in [0.25, 0.3) is 11.8 Å². The average molecular weight is 368 g/mol. The van der Waals surface area contributed by atoms with E-state index in [4.69, 9.17) is 4.74 Å². The van der Waals surface area contributed by atoms with Crippen molar-refractivity contribution in [2.75, 3.05) is 13.2 Å². The topological polar surface area (TPSA) is 84.5 Å². The summed E-state index contributed by atoms with van der Waals surface area (Å²) in [6.45, 7) is 3.29. The van der Waals surface area contributed by atoms with Crippen molar-refractivity contribution in [1.82, 2.24) is 10.6 Å². The van der Waals surface area contributed by atoms with Gasteiger partial charge in [-0.1, -0.05) is 55.0 Å². The molecule has 0 heterocycles. The van der Waals surface area contributed by atoms with E-state index >= 15 is 0 Å². The summed E-state index contributed by atoms with van der Waals surface area (Å²) in [5.74, 6) is -1.43. The maximum absolute atomic E-state index is 12.0. The van der Waals surface area contributed by atoms with Crippen molar-refractivity contribution in [3.05, 3.63) is 71.3 Å². The molecule has 0 aliphatic rings. The zero-order valence-electron chi connectivity index (χ0n) is 15.5. The molecule has 0 bridgehead atoms. The fourth-order valence-electron chi connectivity index (χ4n) is 2.50. The van der Waals surface area contributed by atoms with Crippen molar-refractivity contribution < 1.29 is 19.1 Å². The minimum atomic E-state index is -0.669. The number of nitrogens with one attached hydrogen (secondary N) is 2. The summed E-state index contributed by atoms with van der Waals surface area (Å²) in [5.41, 5.74) is 2.59. The van der Waals surface area contributed by atoms with Crippen LogP contribution in [0.4, 0.5) is 0 Å². The van der Waals surface area contributed by atoms with E-state index in [-0.39, 0.29) is 31.0 Å². The molecular weight excluding hydrogens is 344 g/mol. The van der Waals surface area contributed by atoms with Gasteiger partial charge in [-0.2, -0.15) is 0 Å². The molecule has 0 aliphatic carbocycles. The molecule has 142 valence electrons. The summed E-state index contributed by atoms with van der Waals surface area (Å²) in [6, 6.07) is 16.3. The molecule has 2 aromatic rings. The number of rotatable bonds is 8. The van der Waals surface area contributed by atoms with Crippen LogP contribution in [0.5, 0.6) is 0 Å². The van der Waals surface area contributed by atoms with E-state index in [1.807, 2.05) is 38.1 Å². The van der Waals surface area contributed by atoms with Crippen LogP contribution in [0.15, 0.2) is 54.6 Å². The van der Waals surface area contributed by atoms with Gasteiger partial charge in [-0.25, -0.2) is 0 Å². The minimum Gasteiger partial charge on any atom is -0.454 e. The lowest BCUT2D eigenvalue weighted by atomic mass is 10.0. The van der Waals surface area contributed by atoms with Gasteiger partial charge in [0.1, 0.15) is 6.54 Å². The van der Waals surface area contributed by atoms with Gasteiger partial charge in [-0.05, 0) is 31.0 Å². The Labute approximate surface area is 158 Å². The average Bonchev–Trinajstić information content (AvgIpc) is 2.70. The number of amides is 2. The molecule has 6 heteroatoms. The predicted octanol–water partition coefficient (Wildman–Crippen LogP) is 2.54. The monoisotopic (exact) mass is 368 g/mol. The first-order valence-electron chi connectivity index (χ1n) is 8.84. The third-order valence-electron chi connectivity index (χ3n) is 4.02. The van der Waals surface area contributed by atoms with Crippen molar-refractivity contribution in [1.29, 1.82) is 0 Å². The normalized spacial score (nSPS) is 11.3. The van der Waals surface area contributed by atoms with Gasteiger partial charge in [0.15, 0.2) is 6.61 Å². The first-order chi connectivity index (χ1) is 13.0. The van der Waals surface area contributed by atoms with E-state index in [9.17, 15) is 14.4 Å². The molecule has 0 saturated carbocycles. The van der Waals surface area contributed by atoms with E-state index in [1.165, 1.54) is 0 Å². The van der Waals surface area contributed by atoms with Gasteiger partial charge in [-0.3, -0.25) is 14.4 Å². The van der Waals surface area contributed by atoms with Crippen LogP contribution in [0.25, 0.3) is 0 Å². The van der Waals surface area contributed by atoms with Crippen LogP contribution in [0.1, 0.15) is 40.9 Å². The van der Waals surface area contributed by atoms with E-state index in [0.717, 1.165) is 17.5 Å². The summed E-state index contributed by atoms with van der Waals surface area (Å²) in [4.78, 5) is 35.6. The summed E-state index contributed by atoms with van der Waals surface area (Å²) < 4.78 is 4.92. The fraction of sp³-hybridized carbons (Fsp3) is 0.286. The molecule has 0 unspecified atom stereocenters. The van der Waals surface area contributed by atoms with Crippen LogP contribution in [0, 0.1) is 6.92 Å². The smallest absolute Gasteiger partial charge is 0.325 e. The summed E-state index contributed by atoms with van der Waals surface area (Å²) in [7, 11) is 0. The molecule has 1 atom stereocenters. The van der Waals surface area contributed by atoms with Crippen molar-refractivity contribution >= 4 is 17.8 Å². The molecule has 0 radical (unpaired) electrons. The Balaban J connectivity index is 1.74. The van der Waals surface area contributed by atoms with Gasteiger partial charge in [0.2, 0.25) is 0 Å². The maximum atomic E-state index is 12.0. The van der Waals surface area contributed by atoms with Crippen LogP contribution in [0.2, 0.25) is 0 Å². The van der Waals surface area contributed by atoms with Gasteiger partial charge < -0.3 is 15.4 Å². The number of esters is 1. The number of aryl methyl sites for hydroxylation is 1. The molecule has 0 aliphatic heterocycles. The fourth-order valence-corrected chi connectivity index (χ4v) is 2.50. The van der Waals surface area contributed by atoms with E-state index in [2.05, 4.69) is 10.6 Å². The number of carbonyl (C=O) groups is 3. The first-order valence-corrected chi connectivity index (χ1v) is 8.84. The molecular formula is C21H24N2O4. The van der Waals surface area contributed by atoms with Gasteiger partial charge in [0, 0.05) is 5.56 Å². The molecule has 2 aromatic carbocycles. The number of hydrogen-bond donors (Lipinski definition) is 2. The molecule has 2 N–H and O–H groups in total. The molecule has 0 saturated heterocycles. The van der Waals surface area contributed by atoms with Crippen molar-refractivity contribution in [2.24, 2.45) is 0 Å². The minimum absolute atomic E-state index is 0.144. The van der Waals surface area contributed by atoms with Gasteiger partial charge >= 0.3 is 5.97 Å². The Morgan fingerprint density at radius 1 is 1.00 bits per heavy atom. The Bertz CT molecular complexity index is 773. The van der Waals surface area contributed by atoms with Crippen LogP contribution in [-0.4, -0.2) is 30.9 Å².